The van der Waals surface area contributed by atoms with E-state index in [1.165, 1.54) is 0 Å². The Hall–Kier alpha value is -1.36. The van der Waals surface area contributed by atoms with E-state index < -0.39 is 0 Å². The molecule has 0 aliphatic carbocycles. The van der Waals surface area contributed by atoms with Crippen LogP contribution in [0.2, 0.25) is 0 Å². The lowest BCUT2D eigenvalue weighted by molar-refractivity contribution is 0.547. The van der Waals surface area contributed by atoms with Gasteiger partial charge in [0.15, 0.2) is 10.4 Å². The maximum Gasteiger partial charge on any atom is 0.179 e. The fourth-order valence-corrected chi connectivity index (χ4v) is 2.77. The summed E-state index contributed by atoms with van der Waals surface area (Å²) in [4.78, 5) is 3.30. The molecule has 0 aromatic carbocycles. The third-order valence-electron chi connectivity index (χ3n) is 3.20. The second kappa shape index (κ2) is 5.10. The lowest BCUT2D eigenvalue weighted by Gasteiger charge is -2.12. The van der Waals surface area contributed by atoms with Crippen LogP contribution in [0, 0.1) is 4.77 Å². The first-order chi connectivity index (χ1) is 8.60. The average molecular weight is 264 g/mol. The highest BCUT2D eigenvalue weighted by molar-refractivity contribution is 7.71. The molecule has 4 nitrogen and oxygen atoms in total. The molecule has 2 aromatic rings. The summed E-state index contributed by atoms with van der Waals surface area (Å²) >= 11 is 5.43. The van der Waals surface area contributed by atoms with Crippen LogP contribution in [0.3, 0.4) is 0 Å². The van der Waals surface area contributed by atoms with Crippen LogP contribution in [-0.4, -0.2) is 19.3 Å². The Bertz CT molecular complexity index is 617. The van der Waals surface area contributed by atoms with E-state index >= 15 is 0 Å². The van der Waals surface area contributed by atoms with Crippen LogP contribution in [0.25, 0.3) is 11.2 Å². The summed E-state index contributed by atoms with van der Waals surface area (Å²) < 4.78 is 4.83. The Morgan fingerprint density at radius 2 is 2.28 bits per heavy atom. The molecule has 0 aliphatic heterocycles. The number of allylic oxidation sites excluding steroid dienone is 1. The average Bonchev–Trinajstić information content (AvgIpc) is 2.78. The van der Waals surface area contributed by atoms with Gasteiger partial charge in [0.1, 0.15) is 5.52 Å². The number of nitrogens with one attached hydrogen (secondary N) is 1. The van der Waals surface area contributed by atoms with Gasteiger partial charge in [-0.25, -0.2) is 0 Å². The molecule has 18 heavy (non-hydrogen) atoms. The predicted molar refractivity (Wildman–Crippen MR) is 77.4 cm³/mol. The van der Waals surface area contributed by atoms with Crippen molar-refractivity contribution in [2.75, 3.05) is 0 Å². The van der Waals surface area contributed by atoms with Crippen LogP contribution in [-0.2, 0) is 13.5 Å². The third kappa shape index (κ3) is 2.03. The van der Waals surface area contributed by atoms with Crippen LogP contribution in [0.15, 0.2) is 12.7 Å². The van der Waals surface area contributed by atoms with Crippen molar-refractivity contribution >= 4 is 23.4 Å². The first-order valence-electron chi connectivity index (χ1n) is 6.37. The van der Waals surface area contributed by atoms with Crippen LogP contribution in [0.5, 0.6) is 0 Å². The first-order valence-corrected chi connectivity index (χ1v) is 6.77. The van der Waals surface area contributed by atoms with Crippen molar-refractivity contribution in [3.63, 3.8) is 0 Å². The number of nitrogens with zero attached hydrogens (tertiary/aromatic N) is 3. The zero-order valence-corrected chi connectivity index (χ0v) is 12.0. The molecule has 0 radical (unpaired) electrons. The summed E-state index contributed by atoms with van der Waals surface area (Å²) in [5.41, 5.74) is 3.27. The molecule has 0 saturated carbocycles. The molecule has 98 valence electrons. The van der Waals surface area contributed by atoms with Crippen molar-refractivity contribution in [2.24, 2.45) is 7.05 Å². The number of aromatic nitrogens is 4. The van der Waals surface area contributed by atoms with Crippen molar-refractivity contribution in [2.45, 2.75) is 39.2 Å². The van der Waals surface area contributed by atoms with Crippen molar-refractivity contribution in [1.82, 2.24) is 19.3 Å². The van der Waals surface area contributed by atoms with Gasteiger partial charge in [-0.15, -0.1) is 6.58 Å². The maximum absolute atomic E-state index is 5.43. The van der Waals surface area contributed by atoms with Gasteiger partial charge in [-0.2, -0.15) is 5.10 Å². The lowest BCUT2D eigenvalue weighted by atomic mass is 10.2. The number of aryl methyl sites for hydroxylation is 2. The van der Waals surface area contributed by atoms with Crippen molar-refractivity contribution < 1.29 is 0 Å². The highest BCUT2D eigenvalue weighted by atomic mass is 32.1. The molecule has 0 saturated heterocycles. The van der Waals surface area contributed by atoms with Gasteiger partial charge in [0.2, 0.25) is 0 Å². The first kappa shape index (κ1) is 13.1. The molecule has 0 fully saturated rings. The summed E-state index contributed by atoms with van der Waals surface area (Å²) in [7, 11) is 1.97. The Balaban J connectivity index is 2.63. The van der Waals surface area contributed by atoms with Crippen LogP contribution in [0.4, 0.5) is 0 Å². The van der Waals surface area contributed by atoms with Gasteiger partial charge >= 0.3 is 0 Å². The highest BCUT2D eigenvalue weighted by Gasteiger charge is 2.17. The zero-order valence-electron chi connectivity index (χ0n) is 11.2. The van der Waals surface area contributed by atoms with Crippen molar-refractivity contribution in [3.05, 3.63) is 23.1 Å². The molecule has 2 rings (SSSR count). The summed E-state index contributed by atoms with van der Waals surface area (Å²) in [6.07, 6.45) is 4.88. The fourth-order valence-electron chi connectivity index (χ4n) is 2.40. The summed E-state index contributed by atoms with van der Waals surface area (Å²) in [6.45, 7) is 8.11. The molecule has 2 aromatic heterocycles. The minimum atomic E-state index is 0.300. The molecule has 0 spiro atoms. The van der Waals surface area contributed by atoms with Crippen molar-refractivity contribution in [3.8, 4) is 0 Å². The van der Waals surface area contributed by atoms with Gasteiger partial charge in [0.25, 0.3) is 0 Å². The van der Waals surface area contributed by atoms with Gasteiger partial charge < -0.3 is 4.98 Å². The Kier molecular flexibility index (Phi) is 3.71. The topological polar surface area (TPSA) is 38.5 Å². The Morgan fingerprint density at radius 1 is 1.56 bits per heavy atom. The Labute approximate surface area is 112 Å². The molecule has 0 bridgehead atoms. The van der Waals surface area contributed by atoms with Gasteiger partial charge in [-0.1, -0.05) is 19.4 Å². The van der Waals surface area contributed by atoms with E-state index in [9.17, 15) is 0 Å². The lowest BCUT2D eigenvalue weighted by Crippen LogP contribution is -2.07. The largest absolute Gasteiger partial charge is 0.328 e. The Morgan fingerprint density at radius 3 is 2.89 bits per heavy atom. The van der Waals surface area contributed by atoms with E-state index in [0.717, 1.165) is 40.9 Å². The minimum Gasteiger partial charge on any atom is -0.328 e. The minimum absolute atomic E-state index is 0.300. The third-order valence-corrected chi connectivity index (χ3v) is 3.50. The SMILES string of the molecule is C=CCC(C)n1c(=S)[nH]c2c(CCC)nn(C)c21. The van der Waals surface area contributed by atoms with E-state index in [1.807, 2.05) is 17.8 Å². The second-order valence-electron chi connectivity index (χ2n) is 4.69. The number of hydrogen-bond acceptors (Lipinski definition) is 2. The van der Waals surface area contributed by atoms with Gasteiger partial charge in [0.05, 0.1) is 5.69 Å². The number of imidazole rings is 1. The van der Waals surface area contributed by atoms with E-state index in [4.69, 9.17) is 12.2 Å². The van der Waals surface area contributed by atoms with Gasteiger partial charge in [0, 0.05) is 13.1 Å². The van der Waals surface area contributed by atoms with E-state index in [-0.39, 0.29) is 0 Å². The van der Waals surface area contributed by atoms with Crippen LogP contribution in [0.1, 0.15) is 38.4 Å². The van der Waals surface area contributed by atoms with E-state index in [2.05, 4.69) is 35.1 Å². The van der Waals surface area contributed by atoms with E-state index in [0.29, 0.717) is 6.04 Å². The summed E-state index contributed by atoms with van der Waals surface area (Å²) in [5, 5.41) is 4.58. The van der Waals surface area contributed by atoms with E-state index in [1.54, 1.807) is 0 Å². The molecule has 5 heteroatoms. The molecule has 0 aliphatic rings. The number of H-pyrrole nitrogens is 1. The molecular formula is C13H20N4S. The number of aromatic amines is 1. The molecular weight excluding hydrogens is 244 g/mol. The predicted octanol–water partition coefficient (Wildman–Crippen LogP) is 3.52. The number of rotatable bonds is 5. The quantitative estimate of drug-likeness (QED) is 0.663. The molecule has 0 amide bonds. The van der Waals surface area contributed by atoms with Gasteiger partial charge in [-0.05, 0) is 32.0 Å². The molecule has 1 atom stereocenters. The summed E-state index contributed by atoms with van der Waals surface area (Å²) in [5.74, 6) is 0. The molecule has 1 unspecified atom stereocenters. The zero-order chi connectivity index (χ0) is 13.3. The normalized spacial score (nSPS) is 13.1. The number of hydrogen-bond donors (Lipinski definition) is 1. The summed E-state index contributed by atoms with van der Waals surface area (Å²) in [6, 6.07) is 0.300. The van der Waals surface area contributed by atoms with Crippen molar-refractivity contribution in [1.29, 1.82) is 0 Å². The second-order valence-corrected chi connectivity index (χ2v) is 5.08. The van der Waals surface area contributed by atoms with Gasteiger partial charge in [-0.3, -0.25) is 9.25 Å². The van der Waals surface area contributed by atoms with Crippen LogP contribution >= 0.6 is 12.2 Å². The van der Waals surface area contributed by atoms with Crippen LogP contribution < -0.4 is 0 Å². The molecule has 1 N–H and O–H groups in total. The monoisotopic (exact) mass is 264 g/mol. The highest BCUT2D eigenvalue weighted by Crippen LogP contribution is 2.24. The maximum atomic E-state index is 5.43. The fraction of sp³-hybridized carbons (Fsp3) is 0.538. The number of fused-ring (bicyclic) bond motifs is 1. The standard InChI is InChI=1S/C13H20N4S/c1-5-7-9(3)17-12-11(14-13(17)18)10(8-6-2)15-16(12)4/h5,9H,1,6-8H2,2-4H3,(H,14,18). The smallest absolute Gasteiger partial charge is 0.179 e. The molecule has 2 heterocycles.